The largest absolute Gasteiger partial charge is 0.385 e. The Morgan fingerprint density at radius 3 is 3.06 bits per heavy atom. The molecule has 0 aliphatic carbocycles. The molecule has 1 atom stereocenters. The average Bonchev–Trinajstić information content (AvgIpc) is 2.29. The Morgan fingerprint density at radius 1 is 1.56 bits per heavy atom. The van der Waals surface area contributed by atoms with Crippen molar-refractivity contribution in [1.29, 1.82) is 0 Å². The molecule has 0 aromatic carbocycles. The highest BCUT2D eigenvalue weighted by Gasteiger charge is 2.02. The van der Waals surface area contributed by atoms with Crippen molar-refractivity contribution in [2.75, 3.05) is 19.5 Å². The number of methoxy groups -OCH3 is 1. The number of pyridine rings is 1. The summed E-state index contributed by atoms with van der Waals surface area (Å²) in [6, 6.07) is 3.79. The lowest BCUT2D eigenvalue weighted by molar-refractivity contribution is 0.200. The normalized spacial score (nSPS) is 12.6. The molecule has 1 rings (SSSR count). The van der Waals surface area contributed by atoms with Gasteiger partial charge in [-0.3, -0.25) is 9.19 Å². The van der Waals surface area contributed by atoms with Crippen LogP contribution in [0, 0.1) is 0 Å². The molecule has 0 saturated heterocycles. The molecule has 0 saturated carbocycles. The fourth-order valence-corrected chi connectivity index (χ4v) is 2.49. The van der Waals surface area contributed by atoms with Crippen LogP contribution in [-0.2, 0) is 27.8 Å². The Balaban J connectivity index is 2.43. The topological polar surface area (TPSA) is 65.2 Å². The van der Waals surface area contributed by atoms with Crippen LogP contribution in [0.2, 0.25) is 0 Å². The van der Waals surface area contributed by atoms with E-state index in [0.717, 1.165) is 17.7 Å². The van der Waals surface area contributed by atoms with Crippen LogP contribution in [0.15, 0.2) is 18.3 Å². The molecular weight excluding hydrogens is 224 g/mol. The van der Waals surface area contributed by atoms with Crippen molar-refractivity contribution in [3.05, 3.63) is 29.6 Å². The maximum absolute atomic E-state index is 11.7. The maximum atomic E-state index is 11.7. The third-order valence-corrected chi connectivity index (χ3v) is 3.54. The first-order valence-corrected chi connectivity index (χ1v) is 6.73. The van der Waals surface area contributed by atoms with Crippen molar-refractivity contribution in [3.63, 3.8) is 0 Å². The van der Waals surface area contributed by atoms with E-state index < -0.39 is 10.8 Å². The zero-order chi connectivity index (χ0) is 11.8. The number of aromatic nitrogens is 1. The van der Waals surface area contributed by atoms with Crippen molar-refractivity contribution in [3.8, 4) is 0 Å². The fraction of sp³-hybridized carbons (Fsp3) is 0.545. The number of nitrogens with two attached hydrogens (primary N) is 1. The average molecular weight is 242 g/mol. The molecule has 4 nitrogen and oxygen atoms in total. The van der Waals surface area contributed by atoms with Crippen LogP contribution in [0.1, 0.15) is 17.7 Å². The van der Waals surface area contributed by atoms with Crippen LogP contribution in [0.3, 0.4) is 0 Å². The Kier molecular flexibility index (Phi) is 6.22. The van der Waals surface area contributed by atoms with Crippen LogP contribution in [0.4, 0.5) is 0 Å². The van der Waals surface area contributed by atoms with Gasteiger partial charge >= 0.3 is 0 Å². The number of hydrogen-bond acceptors (Lipinski definition) is 4. The standard InChI is InChI=1S/C11H18N2O2S/c1-15-5-2-6-16(14)9-10-3-4-13-11(7-10)8-12/h3-4,7H,2,5-6,8-9,12H2,1H3. The number of ether oxygens (including phenoxy) is 1. The summed E-state index contributed by atoms with van der Waals surface area (Å²) in [4.78, 5) is 4.10. The third-order valence-electron chi connectivity index (χ3n) is 2.14. The highest BCUT2D eigenvalue weighted by atomic mass is 32.2. The molecule has 1 unspecified atom stereocenters. The summed E-state index contributed by atoms with van der Waals surface area (Å²) < 4.78 is 16.6. The van der Waals surface area contributed by atoms with E-state index in [1.807, 2.05) is 12.1 Å². The van der Waals surface area contributed by atoms with E-state index in [-0.39, 0.29) is 0 Å². The third kappa shape index (κ3) is 4.83. The van der Waals surface area contributed by atoms with E-state index in [0.29, 0.717) is 24.7 Å². The molecule has 0 radical (unpaired) electrons. The first-order valence-electron chi connectivity index (χ1n) is 5.24. The molecule has 0 fully saturated rings. The molecule has 2 N–H and O–H groups in total. The molecule has 1 aromatic heterocycles. The van der Waals surface area contributed by atoms with Crippen molar-refractivity contribution in [2.24, 2.45) is 5.73 Å². The van der Waals surface area contributed by atoms with E-state index >= 15 is 0 Å². The van der Waals surface area contributed by atoms with Gasteiger partial charge in [0, 0.05) is 48.8 Å². The Hall–Kier alpha value is -0.780. The van der Waals surface area contributed by atoms with E-state index in [1.165, 1.54) is 0 Å². The number of rotatable bonds is 7. The van der Waals surface area contributed by atoms with Gasteiger partial charge in [-0.15, -0.1) is 0 Å². The first-order chi connectivity index (χ1) is 7.76. The lowest BCUT2D eigenvalue weighted by atomic mass is 10.2. The van der Waals surface area contributed by atoms with Gasteiger partial charge in [0.15, 0.2) is 0 Å². The molecule has 90 valence electrons. The molecule has 5 heteroatoms. The minimum atomic E-state index is -0.831. The zero-order valence-electron chi connectivity index (χ0n) is 9.52. The van der Waals surface area contributed by atoms with Gasteiger partial charge in [-0.25, -0.2) is 0 Å². The summed E-state index contributed by atoms with van der Waals surface area (Å²) in [6.07, 6.45) is 2.54. The molecule has 1 aromatic rings. The van der Waals surface area contributed by atoms with E-state index in [9.17, 15) is 4.21 Å². The molecule has 16 heavy (non-hydrogen) atoms. The van der Waals surface area contributed by atoms with Crippen LogP contribution in [-0.4, -0.2) is 28.7 Å². The van der Waals surface area contributed by atoms with Crippen LogP contribution in [0.25, 0.3) is 0 Å². The van der Waals surface area contributed by atoms with Crippen molar-refractivity contribution >= 4 is 10.8 Å². The van der Waals surface area contributed by atoms with E-state index in [1.54, 1.807) is 13.3 Å². The second-order valence-corrected chi connectivity index (χ2v) is 5.07. The summed E-state index contributed by atoms with van der Waals surface area (Å²) >= 11 is 0. The van der Waals surface area contributed by atoms with Crippen LogP contribution < -0.4 is 5.73 Å². The Bertz CT molecular complexity index is 345. The molecule has 0 aliphatic heterocycles. The van der Waals surface area contributed by atoms with Gasteiger partial charge in [0.2, 0.25) is 0 Å². The van der Waals surface area contributed by atoms with Crippen molar-refractivity contribution in [1.82, 2.24) is 4.98 Å². The molecule has 0 spiro atoms. The summed E-state index contributed by atoms with van der Waals surface area (Å²) in [6.45, 7) is 1.08. The van der Waals surface area contributed by atoms with Gasteiger partial charge in [-0.05, 0) is 24.1 Å². The predicted octanol–water partition coefficient (Wildman–Crippen LogP) is 0.826. The summed E-state index contributed by atoms with van der Waals surface area (Å²) in [5, 5.41) is 0. The second kappa shape index (κ2) is 7.49. The van der Waals surface area contributed by atoms with Gasteiger partial charge in [0.05, 0.1) is 5.69 Å². The highest BCUT2D eigenvalue weighted by Crippen LogP contribution is 2.05. The molecular formula is C11H18N2O2S. The number of nitrogens with zero attached hydrogens (tertiary/aromatic N) is 1. The molecule has 0 bridgehead atoms. The van der Waals surface area contributed by atoms with E-state index in [4.69, 9.17) is 10.5 Å². The lowest BCUT2D eigenvalue weighted by Gasteiger charge is -2.03. The SMILES string of the molecule is COCCCS(=O)Cc1ccnc(CN)c1. The molecule has 0 aliphatic rings. The van der Waals surface area contributed by atoms with E-state index in [2.05, 4.69) is 4.98 Å². The maximum Gasteiger partial charge on any atom is 0.0542 e. The Labute approximate surface area is 98.7 Å². The summed E-state index contributed by atoms with van der Waals surface area (Å²) in [5.74, 6) is 1.24. The van der Waals surface area contributed by atoms with Gasteiger partial charge in [-0.1, -0.05) is 0 Å². The van der Waals surface area contributed by atoms with Gasteiger partial charge in [0.1, 0.15) is 0 Å². The van der Waals surface area contributed by atoms with Gasteiger partial charge < -0.3 is 10.5 Å². The van der Waals surface area contributed by atoms with Crippen LogP contribution >= 0.6 is 0 Å². The summed E-state index contributed by atoms with van der Waals surface area (Å²) in [5.41, 5.74) is 7.37. The minimum Gasteiger partial charge on any atom is -0.385 e. The van der Waals surface area contributed by atoms with Crippen LogP contribution in [0.5, 0.6) is 0 Å². The van der Waals surface area contributed by atoms with Crippen molar-refractivity contribution in [2.45, 2.75) is 18.7 Å². The number of hydrogen-bond donors (Lipinski definition) is 1. The highest BCUT2D eigenvalue weighted by molar-refractivity contribution is 7.84. The fourth-order valence-electron chi connectivity index (χ4n) is 1.35. The lowest BCUT2D eigenvalue weighted by Crippen LogP contribution is -2.05. The minimum absolute atomic E-state index is 0.421. The quantitative estimate of drug-likeness (QED) is 0.719. The van der Waals surface area contributed by atoms with Crippen molar-refractivity contribution < 1.29 is 8.95 Å². The molecule has 1 heterocycles. The monoisotopic (exact) mass is 242 g/mol. The smallest absolute Gasteiger partial charge is 0.0542 e. The Morgan fingerprint density at radius 2 is 2.38 bits per heavy atom. The molecule has 0 amide bonds. The second-order valence-electron chi connectivity index (χ2n) is 3.49. The van der Waals surface area contributed by atoms with Gasteiger partial charge in [-0.2, -0.15) is 0 Å². The first kappa shape index (κ1) is 13.3. The predicted molar refractivity (Wildman–Crippen MR) is 65.3 cm³/mol. The summed E-state index contributed by atoms with van der Waals surface area (Å²) in [7, 11) is 0.821. The zero-order valence-corrected chi connectivity index (χ0v) is 10.3. The van der Waals surface area contributed by atoms with Gasteiger partial charge in [0.25, 0.3) is 0 Å².